The summed E-state index contributed by atoms with van der Waals surface area (Å²) in [4.78, 5) is 19.0. The SMILES string of the molecule is Cc1cc(C(=O)Cc2c(F)cc(F)cc2F)c(C)cc1N=CN(C)C(C)C. The third-order valence-electron chi connectivity index (χ3n) is 4.48. The number of hydrogen-bond donors (Lipinski definition) is 0. The largest absolute Gasteiger partial charge is 0.363 e. The van der Waals surface area contributed by atoms with E-state index in [-0.39, 0.29) is 0 Å². The summed E-state index contributed by atoms with van der Waals surface area (Å²) in [6, 6.07) is 4.89. The first kappa shape index (κ1) is 20.7. The van der Waals surface area contributed by atoms with Gasteiger partial charge in [0.25, 0.3) is 0 Å². The van der Waals surface area contributed by atoms with Crippen molar-refractivity contribution in [2.24, 2.45) is 4.99 Å². The van der Waals surface area contributed by atoms with E-state index in [0.29, 0.717) is 29.3 Å². The van der Waals surface area contributed by atoms with Gasteiger partial charge in [0.05, 0.1) is 12.0 Å². The highest BCUT2D eigenvalue weighted by Crippen LogP contribution is 2.25. The van der Waals surface area contributed by atoms with Crippen molar-refractivity contribution in [2.45, 2.75) is 40.2 Å². The molecule has 0 spiro atoms. The number of carbonyl (C=O) groups is 1. The molecule has 0 N–H and O–H groups in total. The van der Waals surface area contributed by atoms with Gasteiger partial charge in [-0.05, 0) is 51.0 Å². The quantitative estimate of drug-likeness (QED) is 0.397. The number of hydrogen-bond acceptors (Lipinski definition) is 2. The van der Waals surface area contributed by atoms with Crippen molar-refractivity contribution in [1.82, 2.24) is 4.90 Å². The maximum Gasteiger partial charge on any atom is 0.167 e. The second-order valence-electron chi connectivity index (χ2n) is 6.91. The topological polar surface area (TPSA) is 32.7 Å². The summed E-state index contributed by atoms with van der Waals surface area (Å²) in [5, 5.41) is 0. The molecule has 0 fully saturated rings. The average molecular weight is 376 g/mol. The molecule has 0 unspecified atom stereocenters. The molecular weight excluding hydrogens is 353 g/mol. The van der Waals surface area contributed by atoms with Gasteiger partial charge in [-0.25, -0.2) is 18.2 Å². The van der Waals surface area contributed by atoms with Crippen LogP contribution in [0.15, 0.2) is 29.3 Å². The highest BCUT2D eigenvalue weighted by atomic mass is 19.1. The van der Waals surface area contributed by atoms with Crippen LogP contribution in [0.25, 0.3) is 0 Å². The summed E-state index contributed by atoms with van der Waals surface area (Å²) in [6.45, 7) is 7.64. The van der Waals surface area contributed by atoms with Crippen LogP contribution in [0.5, 0.6) is 0 Å². The molecule has 2 aromatic rings. The monoisotopic (exact) mass is 376 g/mol. The Morgan fingerprint density at radius 3 is 2.22 bits per heavy atom. The number of rotatable bonds is 6. The van der Waals surface area contributed by atoms with Crippen molar-refractivity contribution in [3.05, 3.63) is 64.0 Å². The molecular formula is C21H23F3N2O. The molecule has 0 radical (unpaired) electrons. The fraction of sp³-hybridized carbons (Fsp3) is 0.333. The first-order chi connectivity index (χ1) is 12.6. The molecule has 6 heteroatoms. The van der Waals surface area contributed by atoms with Crippen molar-refractivity contribution in [3.63, 3.8) is 0 Å². The van der Waals surface area contributed by atoms with E-state index < -0.39 is 35.2 Å². The van der Waals surface area contributed by atoms with Crippen LogP contribution in [0, 0.1) is 31.3 Å². The van der Waals surface area contributed by atoms with E-state index in [4.69, 9.17) is 0 Å². The fourth-order valence-corrected chi connectivity index (χ4v) is 2.52. The predicted molar refractivity (Wildman–Crippen MR) is 101 cm³/mol. The molecule has 0 amide bonds. The molecule has 0 heterocycles. The van der Waals surface area contributed by atoms with Gasteiger partial charge in [-0.15, -0.1) is 0 Å². The van der Waals surface area contributed by atoms with E-state index >= 15 is 0 Å². The molecule has 3 nitrogen and oxygen atoms in total. The molecule has 0 aliphatic rings. The van der Waals surface area contributed by atoms with E-state index in [0.717, 1.165) is 11.3 Å². The molecule has 0 bridgehead atoms. The highest BCUT2D eigenvalue weighted by molar-refractivity contribution is 5.99. The van der Waals surface area contributed by atoms with Crippen molar-refractivity contribution in [2.75, 3.05) is 7.05 Å². The lowest BCUT2D eigenvalue weighted by Crippen LogP contribution is -2.24. The predicted octanol–water partition coefficient (Wildman–Crippen LogP) is 5.15. The summed E-state index contributed by atoms with van der Waals surface area (Å²) in [5.41, 5.74) is 2.09. The number of aliphatic imine (C=N–C) groups is 1. The van der Waals surface area contributed by atoms with Gasteiger partial charge in [0.15, 0.2) is 5.78 Å². The first-order valence-electron chi connectivity index (χ1n) is 8.64. The number of benzene rings is 2. The average Bonchev–Trinajstić information content (AvgIpc) is 2.57. The van der Waals surface area contributed by atoms with Gasteiger partial charge in [0.2, 0.25) is 0 Å². The Balaban J connectivity index is 2.29. The zero-order valence-corrected chi connectivity index (χ0v) is 16.1. The number of nitrogens with zero attached hydrogens (tertiary/aromatic N) is 2. The van der Waals surface area contributed by atoms with Crippen LogP contribution in [0.4, 0.5) is 18.9 Å². The van der Waals surface area contributed by atoms with Crippen LogP contribution in [-0.2, 0) is 6.42 Å². The van der Waals surface area contributed by atoms with Gasteiger partial charge < -0.3 is 4.90 Å². The molecule has 0 aliphatic heterocycles. The lowest BCUT2D eigenvalue weighted by molar-refractivity contribution is 0.0990. The Labute approximate surface area is 157 Å². The lowest BCUT2D eigenvalue weighted by Gasteiger charge is -2.17. The molecule has 27 heavy (non-hydrogen) atoms. The van der Waals surface area contributed by atoms with Crippen LogP contribution in [-0.4, -0.2) is 30.1 Å². The number of aryl methyl sites for hydroxylation is 2. The zero-order chi connectivity index (χ0) is 20.3. The van der Waals surface area contributed by atoms with Crippen molar-refractivity contribution < 1.29 is 18.0 Å². The molecule has 0 saturated heterocycles. The Hall–Kier alpha value is -2.63. The van der Waals surface area contributed by atoms with Crippen LogP contribution in [0.3, 0.4) is 0 Å². The summed E-state index contributed by atoms with van der Waals surface area (Å²) < 4.78 is 40.7. The van der Waals surface area contributed by atoms with Crippen molar-refractivity contribution in [3.8, 4) is 0 Å². The molecule has 0 saturated carbocycles. The Morgan fingerprint density at radius 1 is 1.07 bits per heavy atom. The summed E-state index contributed by atoms with van der Waals surface area (Å²) in [6.07, 6.45) is 1.24. The third kappa shape index (κ3) is 4.96. The van der Waals surface area contributed by atoms with Gasteiger partial charge in [0.1, 0.15) is 17.5 Å². The second-order valence-corrected chi connectivity index (χ2v) is 6.91. The Morgan fingerprint density at radius 2 is 1.67 bits per heavy atom. The minimum Gasteiger partial charge on any atom is -0.363 e. The summed E-state index contributed by atoms with van der Waals surface area (Å²) in [7, 11) is 1.92. The van der Waals surface area contributed by atoms with Gasteiger partial charge >= 0.3 is 0 Å². The Kier molecular flexibility index (Phi) is 6.41. The number of halogens is 3. The van der Waals surface area contributed by atoms with Crippen LogP contribution < -0.4 is 0 Å². The van der Waals surface area contributed by atoms with Crippen molar-refractivity contribution >= 4 is 17.8 Å². The summed E-state index contributed by atoms with van der Waals surface area (Å²) >= 11 is 0. The first-order valence-corrected chi connectivity index (χ1v) is 8.64. The minimum atomic E-state index is -1.06. The molecule has 2 rings (SSSR count). The number of Topliss-reactive ketones (excluding diaryl/α,β-unsaturated/α-hetero) is 1. The molecule has 2 aromatic carbocycles. The van der Waals surface area contributed by atoms with Gasteiger partial charge in [-0.1, -0.05) is 0 Å². The van der Waals surface area contributed by atoms with Crippen molar-refractivity contribution in [1.29, 1.82) is 0 Å². The van der Waals surface area contributed by atoms with Gasteiger partial charge in [-0.3, -0.25) is 4.79 Å². The Bertz CT molecular complexity index is 868. The fourth-order valence-electron chi connectivity index (χ4n) is 2.52. The maximum absolute atomic E-state index is 13.8. The standard InChI is InChI=1S/C21H23F3N2O/c1-12(2)26(5)11-25-20-7-13(3)16(6-14(20)4)21(27)10-17-18(23)8-15(22)9-19(17)24/h6-9,11-12H,10H2,1-5H3. The van der Waals surface area contributed by atoms with Crippen LogP contribution in [0.1, 0.15) is 40.9 Å². The second kappa shape index (κ2) is 8.37. The minimum absolute atomic E-state index is 0.302. The van der Waals surface area contributed by atoms with Gasteiger partial charge in [0, 0.05) is 42.8 Å². The summed E-state index contributed by atoms with van der Waals surface area (Å²) in [5.74, 6) is -3.57. The smallest absolute Gasteiger partial charge is 0.167 e. The van der Waals surface area contributed by atoms with E-state index in [1.807, 2.05) is 32.7 Å². The molecule has 0 aliphatic carbocycles. The number of ketones is 1. The van der Waals surface area contributed by atoms with E-state index in [1.54, 1.807) is 25.4 Å². The van der Waals surface area contributed by atoms with Gasteiger partial charge in [-0.2, -0.15) is 0 Å². The highest BCUT2D eigenvalue weighted by Gasteiger charge is 2.18. The molecule has 144 valence electrons. The third-order valence-corrected chi connectivity index (χ3v) is 4.48. The molecule has 0 aromatic heterocycles. The van der Waals surface area contributed by atoms with E-state index in [2.05, 4.69) is 4.99 Å². The van der Waals surface area contributed by atoms with E-state index in [9.17, 15) is 18.0 Å². The van der Waals surface area contributed by atoms with Crippen LogP contribution >= 0.6 is 0 Å². The van der Waals surface area contributed by atoms with E-state index in [1.165, 1.54) is 0 Å². The maximum atomic E-state index is 13.8. The number of carbonyl (C=O) groups excluding carboxylic acids is 1. The van der Waals surface area contributed by atoms with Crippen LogP contribution in [0.2, 0.25) is 0 Å². The normalized spacial score (nSPS) is 11.4. The molecule has 0 atom stereocenters. The lowest BCUT2D eigenvalue weighted by atomic mass is 9.96. The zero-order valence-electron chi connectivity index (χ0n) is 16.1.